The van der Waals surface area contributed by atoms with Crippen molar-refractivity contribution in [2.24, 2.45) is 11.1 Å². The Morgan fingerprint density at radius 2 is 2.22 bits per heavy atom. The normalized spacial score (nSPS) is 25.7. The summed E-state index contributed by atoms with van der Waals surface area (Å²) in [6.07, 6.45) is 3.57. The van der Waals surface area contributed by atoms with Crippen LogP contribution in [-0.4, -0.2) is 17.8 Å². The van der Waals surface area contributed by atoms with Crippen molar-refractivity contribution >= 4 is 0 Å². The average molecular weight is 129 g/mol. The van der Waals surface area contributed by atoms with Gasteiger partial charge in [0.2, 0.25) is 0 Å². The summed E-state index contributed by atoms with van der Waals surface area (Å²) >= 11 is 0. The Morgan fingerprint density at radius 1 is 1.67 bits per heavy atom. The predicted molar refractivity (Wildman–Crippen MR) is 37.0 cm³/mol. The third-order valence-electron chi connectivity index (χ3n) is 2.09. The monoisotopic (exact) mass is 129 g/mol. The van der Waals surface area contributed by atoms with Crippen molar-refractivity contribution in [3.63, 3.8) is 0 Å². The second-order valence-corrected chi connectivity index (χ2v) is 3.46. The lowest BCUT2D eigenvalue weighted by Crippen LogP contribution is -2.27. The fourth-order valence-corrected chi connectivity index (χ4v) is 1.12. The fraction of sp³-hybridized carbons (Fsp3) is 1.00. The van der Waals surface area contributed by atoms with Gasteiger partial charge in [-0.1, -0.05) is 6.92 Å². The first-order chi connectivity index (χ1) is 4.16. The summed E-state index contributed by atoms with van der Waals surface area (Å²) in [7, 11) is 0. The van der Waals surface area contributed by atoms with Crippen molar-refractivity contribution in [3.8, 4) is 0 Å². The first-order valence-corrected chi connectivity index (χ1v) is 3.53. The fourth-order valence-electron chi connectivity index (χ4n) is 1.12. The lowest BCUT2D eigenvalue weighted by Gasteiger charge is -2.12. The van der Waals surface area contributed by atoms with Gasteiger partial charge in [0.25, 0.3) is 0 Å². The molecular weight excluding hydrogens is 114 g/mol. The van der Waals surface area contributed by atoms with Crippen molar-refractivity contribution in [1.82, 2.24) is 0 Å². The Labute approximate surface area is 56.1 Å². The zero-order valence-electron chi connectivity index (χ0n) is 5.93. The van der Waals surface area contributed by atoms with Gasteiger partial charge < -0.3 is 10.8 Å². The maximum absolute atomic E-state index is 8.60. The van der Waals surface area contributed by atoms with Gasteiger partial charge in [0.1, 0.15) is 0 Å². The molecule has 0 unspecified atom stereocenters. The van der Waals surface area contributed by atoms with E-state index in [9.17, 15) is 0 Å². The Morgan fingerprint density at radius 3 is 2.56 bits per heavy atom. The van der Waals surface area contributed by atoms with Crippen molar-refractivity contribution in [1.29, 1.82) is 0 Å². The molecule has 2 heteroatoms. The highest BCUT2D eigenvalue weighted by Gasteiger charge is 2.37. The van der Waals surface area contributed by atoms with E-state index >= 15 is 0 Å². The van der Waals surface area contributed by atoms with Crippen molar-refractivity contribution < 1.29 is 5.11 Å². The Balaban J connectivity index is 2.17. The van der Waals surface area contributed by atoms with Crippen LogP contribution in [0.15, 0.2) is 0 Å². The van der Waals surface area contributed by atoms with E-state index in [1.165, 1.54) is 12.8 Å². The zero-order valence-corrected chi connectivity index (χ0v) is 5.93. The summed E-state index contributed by atoms with van der Waals surface area (Å²) in [5, 5.41) is 8.60. The molecule has 0 radical (unpaired) electrons. The summed E-state index contributed by atoms with van der Waals surface area (Å²) < 4.78 is 0. The van der Waals surface area contributed by atoms with Crippen LogP contribution in [0.25, 0.3) is 0 Å². The Kier molecular flexibility index (Phi) is 1.78. The highest BCUT2D eigenvalue weighted by atomic mass is 16.3. The zero-order chi connectivity index (χ0) is 6.91. The summed E-state index contributed by atoms with van der Waals surface area (Å²) in [6.45, 7) is 2.36. The van der Waals surface area contributed by atoms with Gasteiger partial charge in [-0.05, 0) is 24.7 Å². The van der Waals surface area contributed by atoms with E-state index < -0.39 is 0 Å². The number of hydrogen-bond donors (Lipinski definition) is 2. The molecule has 3 N–H and O–H groups in total. The molecule has 0 spiro atoms. The van der Waals surface area contributed by atoms with Crippen LogP contribution in [0, 0.1) is 5.41 Å². The predicted octanol–water partition coefficient (Wildman–Crippen LogP) is 0.496. The van der Waals surface area contributed by atoms with Gasteiger partial charge in [0.05, 0.1) is 6.61 Å². The molecule has 0 aromatic heterocycles. The molecule has 54 valence electrons. The number of aliphatic hydroxyl groups is 1. The molecule has 0 amide bonds. The first-order valence-electron chi connectivity index (χ1n) is 3.53. The van der Waals surface area contributed by atoms with Gasteiger partial charge in [-0.25, -0.2) is 0 Å². The van der Waals surface area contributed by atoms with E-state index in [0.29, 0.717) is 5.41 Å². The van der Waals surface area contributed by atoms with E-state index in [1.54, 1.807) is 0 Å². The maximum atomic E-state index is 8.60. The molecule has 0 heterocycles. The lowest BCUT2D eigenvalue weighted by molar-refractivity contribution is 0.243. The van der Waals surface area contributed by atoms with Crippen LogP contribution in [0.3, 0.4) is 0 Å². The highest BCUT2D eigenvalue weighted by Crippen LogP contribution is 2.48. The molecular formula is C7H15NO. The number of rotatable bonds is 3. The molecule has 0 aromatic rings. The number of hydrogen-bond acceptors (Lipinski definition) is 2. The van der Waals surface area contributed by atoms with Crippen LogP contribution >= 0.6 is 0 Å². The summed E-state index contributed by atoms with van der Waals surface area (Å²) in [4.78, 5) is 0. The van der Waals surface area contributed by atoms with Crippen LogP contribution < -0.4 is 5.73 Å². The van der Waals surface area contributed by atoms with Crippen molar-refractivity contribution in [2.45, 2.75) is 32.2 Å². The van der Waals surface area contributed by atoms with E-state index in [2.05, 4.69) is 6.92 Å². The highest BCUT2D eigenvalue weighted by molar-refractivity contribution is 4.90. The van der Waals surface area contributed by atoms with Gasteiger partial charge in [-0.3, -0.25) is 0 Å². The second-order valence-electron chi connectivity index (χ2n) is 3.46. The minimum Gasteiger partial charge on any atom is -0.395 e. The molecule has 1 fully saturated rings. The lowest BCUT2D eigenvalue weighted by atomic mass is 10.0. The summed E-state index contributed by atoms with van der Waals surface area (Å²) in [6, 6.07) is 0.0116. The standard InChI is InChI=1S/C7H15NO/c1-7(2-3-7)4-6(8)5-9/h6,9H,2-5,8H2,1H3/t6-/m0/s1. The first kappa shape index (κ1) is 7.03. The molecule has 1 saturated carbocycles. The van der Waals surface area contributed by atoms with Crippen molar-refractivity contribution in [2.75, 3.05) is 6.61 Å². The van der Waals surface area contributed by atoms with Crippen LogP contribution in [0.4, 0.5) is 0 Å². The van der Waals surface area contributed by atoms with Crippen LogP contribution in [0.5, 0.6) is 0 Å². The van der Waals surface area contributed by atoms with E-state index in [1.807, 2.05) is 0 Å². The molecule has 1 atom stereocenters. The number of aliphatic hydroxyl groups excluding tert-OH is 1. The second kappa shape index (κ2) is 2.27. The third-order valence-corrected chi connectivity index (χ3v) is 2.09. The van der Waals surface area contributed by atoms with E-state index in [0.717, 1.165) is 6.42 Å². The smallest absolute Gasteiger partial charge is 0.0582 e. The minimum absolute atomic E-state index is 0.0116. The van der Waals surface area contributed by atoms with Gasteiger partial charge in [-0.15, -0.1) is 0 Å². The van der Waals surface area contributed by atoms with Crippen molar-refractivity contribution in [3.05, 3.63) is 0 Å². The largest absolute Gasteiger partial charge is 0.395 e. The molecule has 0 saturated heterocycles. The molecule has 1 rings (SSSR count). The third kappa shape index (κ3) is 1.95. The molecule has 1 aliphatic rings. The molecule has 1 aliphatic carbocycles. The van der Waals surface area contributed by atoms with Crippen LogP contribution in [0.1, 0.15) is 26.2 Å². The van der Waals surface area contributed by atoms with Crippen LogP contribution in [-0.2, 0) is 0 Å². The van der Waals surface area contributed by atoms with Gasteiger partial charge in [-0.2, -0.15) is 0 Å². The summed E-state index contributed by atoms with van der Waals surface area (Å²) in [5.74, 6) is 0. The van der Waals surface area contributed by atoms with Crippen LogP contribution in [0.2, 0.25) is 0 Å². The average Bonchev–Trinajstić information content (AvgIpc) is 2.48. The molecule has 0 aromatic carbocycles. The Hall–Kier alpha value is -0.0800. The van der Waals surface area contributed by atoms with Gasteiger partial charge in [0, 0.05) is 6.04 Å². The van der Waals surface area contributed by atoms with E-state index in [-0.39, 0.29) is 12.6 Å². The summed E-state index contributed by atoms with van der Waals surface area (Å²) in [5.41, 5.74) is 6.04. The van der Waals surface area contributed by atoms with Gasteiger partial charge in [0.15, 0.2) is 0 Å². The topological polar surface area (TPSA) is 46.2 Å². The molecule has 0 aliphatic heterocycles. The van der Waals surface area contributed by atoms with E-state index in [4.69, 9.17) is 10.8 Å². The SMILES string of the molecule is CC1(C[C@H](N)CO)CC1. The maximum Gasteiger partial charge on any atom is 0.0582 e. The van der Waals surface area contributed by atoms with Gasteiger partial charge >= 0.3 is 0 Å². The molecule has 2 nitrogen and oxygen atoms in total. The number of nitrogens with two attached hydrogens (primary N) is 1. The molecule has 0 bridgehead atoms. The quantitative estimate of drug-likeness (QED) is 0.582. The minimum atomic E-state index is 0.0116. The Bertz CT molecular complexity index is 99.1. The molecule has 9 heavy (non-hydrogen) atoms.